The number of aliphatic hydroxyl groups excluding tert-OH is 1. The van der Waals surface area contributed by atoms with Gasteiger partial charge in [-0.3, -0.25) is 0 Å². The lowest BCUT2D eigenvalue weighted by Gasteiger charge is -2.46. The molecule has 4 heterocycles. The summed E-state index contributed by atoms with van der Waals surface area (Å²) < 4.78 is 6.15. The summed E-state index contributed by atoms with van der Waals surface area (Å²) in [5.41, 5.74) is 0.0120. The highest BCUT2D eigenvalue weighted by Gasteiger charge is 2.39. The first kappa shape index (κ1) is 17.0. The van der Waals surface area contributed by atoms with Crippen LogP contribution in [-0.2, 0) is 4.74 Å². The number of β-amino-alcohol motifs (C(OH)–C–C–N with tert-alkyl or cyclic N) is 1. The summed E-state index contributed by atoms with van der Waals surface area (Å²) in [6, 6.07) is 1.95. The van der Waals surface area contributed by atoms with Gasteiger partial charge in [0.05, 0.1) is 18.3 Å². The molecule has 0 amide bonds. The number of anilines is 2. The fourth-order valence-corrected chi connectivity index (χ4v) is 4.28. The first-order valence-electron chi connectivity index (χ1n) is 9.47. The van der Waals surface area contributed by atoms with Gasteiger partial charge in [-0.1, -0.05) is 0 Å². The van der Waals surface area contributed by atoms with Crippen molar-refractivity contribution in [2.24, 2.45) is 0 Å². The van der Waals surface area contributed by atoms with Gasteiger partial charge in [0.2, 0.25) is 5.95 Å². The summed E-state index contributed by atoms with van der Waals surface area (Å²) in [6.45, 7) is 6.36. The van der Waals surface area contributed by atoms with Crippen molar-refractivity contribution in [1.82, 2.24) is 14.9 Å². The number of aromatic nitrogens is 2. The summed E-state index contributed by atoms with van der Waals surface area (Å²) in [6.07, 6.45) is 5.53. The summed E-state index contributed by atoms with van der Waals surface area (Å²) in [7, 11) is 2.18. The van der Waals surface area contributed by atoms with Crippen LogP contribution in [0.25, 0.3) is 0 Å². The predicted molar refractivity (Wildman–Crippen MR) is 97.1 cm³/mol. The number of hydrogen-bond acceptors (Lipinski definition) is 7. The zero-order valence-corrected chi connectivity index (χ0v) is 15.1. The van der Waals surface area contributed by atoms with Gasteiger partial charge in [0.25, 0.3) is 0 Å². The Morgan fingerprint density at radius 2 is 2.04 bits per heavy atom. The molecule has 0 radical (unpaired) electrons. The fourth-order valence-electron chi connectivity index (χ4n) is 4.28. The van der Waals surface area contributed by atoms with Crippen LogP contribution < -0.4 is 9.80 Å². The molecule has 0 saturated carbocycles. The van der Waals surface area contributed by atoms with Gasteiger partial charge in [0.15, 0.2) is 0 Å². The number of hydrogen-bond donors (Lipinski definition) is 1. The van der Waals surface area contributed by atoms with Crippen LogP contribution in [0.15, 0.2) is 12.3 Å². The molecule has 3 aliphatic rings. The van der Waals surface area contributed by atoms with Gasteiger partial charge in [-0.25, -0.2) is 4.98 Å². The van der Waals surface area contributed by atoms with Gasteiger partial charge in [-0.2, -0.15) is 4.98 Å². The maximum absolute atomic E-state index is 9.91. The Morgan fingerprint density at radius 3 is 2.80 bits per heavy atom. The van der Waals surface area contributed by atoms with Crippen molar-refractivity contribution in [3.63, 3.8) is 0 Å². The molecule has 1 aromatic heterocycles. The van der Waals surface area contributed by atoms with Crippen molar-refractivity contribution in [1.29, 1.82) is 0 Å². The third kappa shape index (κ3) is 3.73. The van der Waals surface area contributed by atoms with E-state index >= 15 is 0 Å². The second kappa shape index (κ2) is 7.05. The highest BCUT2D eigenvalue weighted by molar-refractivity contribution is 5.44. The van der Waals surface area contributed by atoms with Gasteiger partial charge in [-0.15, -0.1) is 0 Å². The molecule has 3 aliphatic heterocycles. The minimum Gasteiger partial charge on any atom is -0.391 e. The maximum atomic E-state index is 9.91. The number of aliphatic hydroxyl groups is 1. The van der Waals surface area contributed by atoms with Crippen LogP contribution in [0.5, 0.6) is 0 Å². The van der Waals surface area contributed by atoms with Crippen molar-refractivity contribution < 1.29 is 9.84 Å². The van der Waals surface area contributed by atoms with E-state index < -0.39 is 0 Å². The first-order chi connectivity index (χ1) is 12.1. The van der Waals surface area contributed by atoms with Crippen LogP contribution in [-0.4, -0.2) is 84.6 Å². The first-order valence-corrected chi connectivity index (χ1v) is 9.47. The molecule has 7 nitrogen and oxygen atoms in total. The highest BCUT2D eigenvalue weighted by atomic mass is 16.5. The molecule has 7 heteroatoms. The molecule has 1 N–H and O–H groups in total. The van der Waals surface area contributed by atoms with E-state index in [2.05, 4.69) is 26.7 Å². The molecule has 1 aromatic rings. The third-order valence-electron chi connectivity index (χ3n) is 5.75. The summed E-state index contributed by atoms with van der Waals surface area (Å²) in [5.74, 6) is 1.73. The lowest BCUT2D eigenvalue weighted by molar-refractivity contribution is -0.115. The summed E-state index contributed by atoms with van der Waals surface area (Å²) in [5, 5.41) is 9.91. The smallest absolute Gasteiger partial charge is 0.227 e. The number of nitrogens with zero attached hydrogens (tertiary/aromatic N) is 5. The minimum absolute atomic E-state index is 0.0120. The third-order valence-corrected chi connectivity index (χ3v) is 5.75. The van der Waals surface area contributed by atoms with Crippen molar-refractivity contribution >= 4 is 11.8 Å². The fraction of sp³-hybridized carbons (Fsp3) is 0.778. The minimum atomic E-state index is -0.248. The maximum Gasteiger partial charge on any atom is 0.227 e. The van der Waals surface area contributed by atoms with Crippen molar-refractivity contribution in [3.8, 4) is 0 Å². The van der Waals surface area contributed by atoms with E-state index in [0.717, 1.165) is 76.8 Å². The van der Waals surface area contributed by atoms with E-state index in [0.29, 0.717) is 6.54 Å². The van der Waals surface area contributed by atoms with Gasteiger partial charge >= 0.3 is 0 Å². The van der Waals surface area contributed by atoms with Gasteiger partial charge in [0, 0.05) is 45.5 Å². The van der Waals surface area contributed by atoms with E-state index in [4.69, 9.17) is 9.72 Å². The van der Waals surface area contributed by atoms with Gasteiger partial charge in [-0.05, 0) is 38.8 Å². The Balaban J connectivity index is 1.42. The molecule has 1 spiro atoms. The largest absolute Gasteiger partial charge is 0.391 e. The van der Waals surface area contributed by atoms with Crippen LogP contribution in [0.3, 0.4) is 0 Å². The van der Waals surface area contributed by atoms with Crippen molar-refractivity contribution in [2.45, 2.75) is 37.4 Å². The molecular formula is C18H29N5O2. The van der Waals surface area contributed by atoms with Crippen molar-refractivity contribution in [2.75, 3.05) is 62.7 Å². The molecule has 0 bridgehead atoms. The molecule has 0 aromatic carbocycles. The van der Waals surface area contributed by atoms with Crippen LogP contribution in [0.2, 0.25) is 0 Å². The standard InChI is InChI=1S/C18H29N5O2/c1-21-11-12-25-18(14-21)5-9-22(10-6-18)17-19-7-4-16(20-17)23-8-2-3-15(24)13-23/h4,7,15,24H,2-3,5-6,8-14H2,1H3. The Labute approximate surface area is 149 Å². The molecule has 138 valence electrons. The molecule has 1 unspecified atom stereocenters. The summed E-state index contributed by atoms with van der Waals surface area (Å²) >= 11 is 0. The van der Waals surface area contributed by atoms with E-state index in [9.17, 15) is 5.11 Å². The second-order valence-electron chi connectivity index (χ2n) is 7.71. The van der Waals surface area contributed by atoms with E-state index in [-0.39, 0.29) is 11.7 Å². The Bertz CT molecular complexity index is 591. The zero-order chi connectivity index (χ0) is 17.3. The van der Waals surface area contributed by atoms with Crippen LogP contribution in [0.4, 0.5) is 11.8 Å². The van der Waals surface area contributed by atoms with Crippen LogP contribution in [0.1, 0.15) is 25.7 Å². The number of morpholine rings is 1. The SMILES string of the molecule is CN1CCOC2(CCN(c3nccc(N4CCCC(O)C4)n3)CC2)C1. The Morgan fingerprint density at radius 1 is 1.20 bits per heavy atom. The van der Waals surface area contributed by atoms with Crippen LogP contribution in [0, 0.1) is 0 Å². The Kier molecular flexibility index (Phi) is 4.80. The molecule has 1 atom stereocenters. The number of rotatable bonds is 2. The molecule has 0 aliphatic carbocycles. The predicted octanol–water partition coefficient (Wildman–Crippen LogP) is 0.739. The number of piperidine rings is 2. The van der Waals surface area contributed by atoms with Gasteiger partial charge in [0.1, 0.15) is 5.82 Å². The zero-order valence-electron chi connectivity index (χ0n) is 15.1. The normalized spacial score (nSPS) is 27.7. The lowest BCUT2D eigenvalue weighted by atomic mass is 9.89. The second-order valence-corrected chi connectivity index (χ2v) is 7.71. The number of likely N-dealkylation sites (N-methyl/N-ethyl adjacent to an activating group) is 1. The number of ether oxygens (including phenoxy) is 1. The molecule has 4 rings (SSSR count). The quantitative estimate of drug-likeness (QED) is 0.846. The van der Waals surface area contributed by atoms with E-state index in [1.165, 1.54) is 0 Å². The lowest BCUT2D eigenvalue weighted by Crippen LogP contribution is -2.56. The average molecular weight is 347 g/mol. The van der Waals surface area contributed by atoms with Gasteiger partial charge < -0.3 is 24.5 Å². The molecule has 3 fully saturated rings. The average Bonchev–Trinajstić information content (AvgIpc) is 2.62. The highest BCUT2D eigenvalue weighted by Crippen LogP contribution is 2.31. The van der Waals surface area contributed by atoms with E-state index in [1.807, 2.05) is 12.3 Å². The molecular weight excluding hydrogens is 318 g/mol. The van der Waals surface area contributed by atoms with Crippen molar-refractivity contribution in [3.05, 3.63) is 12.3 Å². The topological polar surface area (TPSA) is 65.0 Å². The monoisotopic (exact) mass is 347 g/mol. The molecule has 3 saturated heterocycles. The van der Waals surface area contributed by atoms with Crippen LogP contribution >= 0.6 is 0 Å². The summed E-state index contributed by atoms with van der Waals surface area (Å²) in [4.78, 5) is 16.1. The molecule has 25 heavy (non-hydrogen) atoms. The Hall–Kier alpha value is -1.44. The van der Waals surface area contributed by atoms with E-state index in [1.54, 1.807) is 0 Å².